The van der Waals surface area contributed by atoms with Gasteiger partial charge in [-0.2, -0.15) is 5.10 Å². The van der Waals surface area contributed by atoms with Gasteiger partial charge in [0.25, 0.3) is 0 Å². The minimum Gasteiger partial charge on any atom is -0.489 e. The summed E-state index contributed by atoms with van der Waals surface area (Å²) >= 11 is 0. The first-order valence-corrected chi connectivity index (χ1v) is 10.8. The van der Waals surface area contributed by atoms with Gasteiger partial charge in [0, 0.05) is 5.56 Å². The van der Waals surface area contributed by atoms with Crippen LogP contribution in [0, 0.1) is 0 Å². The molecule has 0 unspecified atom stereocenters. The van der Waals surface area contributed by atoms with Crippen molar-refractivity contribution in [2.75, 3.05) is 6.61 Å². The third-order valence-corrected chi connectivity index (χ3v) is 5.54. The van der Waals surface area contributed by atoms with Crippen molar-refractivity contribution < 1.29 is 14.3 Å². The van der Waals surface area contributed by atoms with Crippen LogP contribution < -0.4 is 4.74 Å². The lowest BCUT2D eigenvalue weighted by Gasteiger charge is -2.24. The number of carbonyl (C=O) groups excluding carboxylic acids is 1. The first-order chi connectivity index (χ1) is 14.7. The number of benzene rings is 2. The van der Waals surface area contributed by atoms with E-state index in [0.29, 0.717) is 24.9 Å². The smallest absolute Gasteiger partial charge is 0.358 e. The molecule has 0 N–H and O–H groups in total. The zero-order valence-corrected chi connectivity index (χ0v) is 17.4. The Balaban J connectivity index is 1.56. The monoisotopic (exact) mass is 404 g/mol. The standard InChI is InChI=1S/C25H28N2O3/c1-2-29-25(28)23-17-24(27(26-23)21-11-7-4-8-12-21)20-13-15-22(16-14-20)30-18-19-9-5-3-6-10-19/h3,5-6,9-10,13-17,21H,2,4,7-8,11-12,18H2,1H3. The van der Waals surface area contributed by atoms with E-state index in [1.807, 2.05) is 72.3 Å². The second-order valence-electron chi connectivity index (χ2n) is 7.67. The van der Waals surface area contributed by atoms with Crippen LogP contribution in [-0.2, 0) is 11.3 Å². The molecule has 0 atom stereocenters. The van der Waals surface area contributed by atoms with E-state index < -0.39 is 0 Å². The topological polar surface area (TPSA) is 53.4 Å². The summed E-state index contributed by atoms with van der Waals surface area (Å²) in [6.07, 6.45) is 5.85. The van der Waals surface area contributed by atoms with Crippen LogP contribution in [0.3, 0.4) is 0 Å². The molecule has 30 heavy (non-hydrogen) atoms. The van der Waals surface area contributed by atoms with Crippen LogP contribution in [0.4, 0.5) is 0 Å². The Morgan fingerprint density at radius 2 is 1.77 bits per heavy atom. The van der Waals surface area contributed by atoms with E-state index in [2.05, 4.69) is 5.10 Å². The lowest BCUT2D eigenvalue weighted by Crippen LogP contribution is -2.16. The number of ether oxygens (including phenoxy) is 2. The maximum atomic E-state index is 12.3. The zero-order valence-electron chi connectivity index (χ0n) is 17.4. The Bertz CT molecular complexity index is 958. The molecular formula is C25H28N2O3. The summed E-state index contributed by atoms with van der Waals surface area (Å²) in [4.78, 5) is 12.3. The highest BCUT2D eigenvalue weighted by Gasteiger charge is 2.23. The van der Waals surface area contributed by atoms with E-state index in [0.717, 1.165) is 35.4 Å². The van der Waals surface area contributed by atoms with Crippen molar-refractivity contribution in [1.82, 2.24) is 9.78 Å². The quantitative estimate of drug-likeness (QED) is 0.466. The molecule has 0 amide bonds. The van der Waals surface area contributed by atoms with Gasteiger partial charge in [-0.05, 0) is 55.7 Å². The Hall–Kier alpha value is -3.08. The number of esters is 1. The third kappa shape index (κ3) is 4.73. The summed E-state index contributed by atoms with van der Waals surface area (Å²) in [7, 11) is 0. The van der Waals surface area contributed by atoms with Crippen LogP contribution in [0.15, 0.2) is 60.7 Å². The highest BCUT2D eigenvalue weighted by Crippen LogP contribution is 2.33. The number of hydrogen-bond acceptors (Lipinski definition) is 4. The minimum absolute atomic E-state index is 0.325. The Morgan fingerprint density at radius 3 is 2.47 bits per heavy atom. The van der Waals surface area contributed by atoms with Gasteiger partial charge in [-0.1, -0.05) is 49.6 Å². The number of aromatic nitrogens is 2. The Morgan fingerprint density at radius 1 is 1.03 bits per heavy atom. The van der Waals surface area contributed by atoms with E-state index in [4.69, 9.17) is 9.47 Å². The second kappa shape index (κ2) is 9.61. The molecule has 1 aliphatic carbocycles. The van der Waals surface area contributed by atoms with Crippen molar-refractivity contribution in [3.63, 3.8) is 0 Å². The number of hydrogen-bond donors (Lipinski definition) is 0. The largest absolute Gasteiger partial charge is 0.489 e. The van der Waals surface area contributed by atoms with Gasteiger partial charge in [0.15, 0.2) is 5.69 Å². The van der Waals surface area contributed by atoms with Gasteiger partial charge >= 0.3 is 5.97 Å². The molecule has 0 aliphatic heterocycles. The Labute approximate surface area is 177 Å². The van der Waals surface area contributed by atoms with Crippen LogP contribution in [0.2, 0.25) is 0 Å². The summed E-state index contributed by atoms with van der Waals surface area (Å²) in [5.74, 6) is 0.452. The highest BCUT2D eigenvalue weighted by molar-refractivity contribution is 5.88. The summed E-state index contributed by atoms with van der Waals surface area (Å²) in [5.41, 5.74) is 3.49. The molecule has 1 saturated carbocycles. The summed E-state index contributed by atoms with van der Waals surface area (Å²) in [5, 5.41) is 4.64. The lowest BCUT2D eigenvalue weighted by atomic mass is 9.95. The van der Waals surface area contributed by atoms with Crippen molar-refractivity contribution in [3.05, 3.63) is 71.9 Å². The molecule has 0 bridgehead atoms. The minimum atomic E-state index is -0.365. The summed E-state index contributed by atoms with van der Waals surface area (Å²) in [6, 6.07) is 20.3. The molecule has 0 saturated heterocycles. The van der Waals surface area contributed by atoms with Crippen LogP contribution in [0.25, 0.3) is 11.3 Å². The highest BCUT2D eigenvalue weighted by atomic mass is 16.5. The fraction of sp³-hybridized carbons (Fsp3) is 0.360. The third-order valence-electron chi connectivity index (χ3n) is 5.54. The molecule has 0 radical (unpaired) electrons. The predicted molar refractivity (Wildman–Crippen MR) is 117 cm³/mol. The zero-order chi connectivity index (χ0) is 20.8. The molecule has 0 spiro atoms. The first-order valence-electron chi connectivity index (χ1n) is 10.8. The fourth-order valence-corrected chi connectivity index (χ4v) is 3.98. The van der Waals surface area contributed by atoms with Gasteiger partial charge in [0.1, 0.15) is 12.4 Å². The molecule has 1 heterocycles. The Kier molecular flexibility index (Phi) is 6.47. The van der Waals surface area contributed by atoms with Crippen LogP contribution in [0.1, 0.15) is 61.1 Å². The molecule has 4 rings (SSSR count). The van der Waals surface area contributed by atoms with E-state index in [-0.39, 0.29) is 5.97 Å². The number of nitrogens with zero attached hydrogens (tertiary/aromatic N) is 2. The van der Waals surface area contributed by atoms with Gasteiger partial charge in [-0.15, -0.1) is 0 Å². The van der Waals surface area contributed by atoms with Gasteiger partial charge in [0.05, 0.1) is 18.3 Å². The normalized spacial score (nSPS) is 14.4. The molecule has 1 aromatic heterocycles. The summed E-state index contributed by atoms with van der Waals surface area (Å²) < 4.78 is 13.1. The molecule has 1 fully saturated rings. The maximum Gasteiger partial charge on any atom is 0.358 e. The van der Waals surface area contributed by atoms with Crippen LogP contribution in [-0.4, -0.2) is 22.4 Å². The fourth-order valence-electron chi connectivity index (χ4n) is 3.98. The second-order valence-corrected chi connectivity index (χ2v) is 7.67. The van der Waals surface area contributed by atoms with Gasteiger partial charge in [0.2, 0.25) is 0 Å². The van der Waals surface area contributed by atoms with E-state index in [9.17, 15) is 4.79 Å². The number of carbonyl (C=O) groups is 1. The SMILES string of the molecule is CCOC(=O)c1cc(-c2ccc(OCc3ccccc3)cc2)n(C2CCCCC2)n1. The molecular weight excluding hydrogens is 376 g/mol. The molecule has 2 aromatic carbocycles. The van der Waals surface area contributed by atoms with Crippen molar-refractivity contribution in [3.8, 4) is 17.0 Å². The van der Waals surface area contributed by atoms with Crippen molar-refractivity contribution >= 4 is 5.97 Å². The van der Waals surface area contributed by atoms with Gasteiger partial charge in [-0.3, -0.25) is 4.68 Å². The van der Waals surface area contributed by atoms with E-state index in [1.54, 1.807) is 0 Å². The molecule has 5 heteroatoms. The lowest BCUT2D eigenvalue weighted by molar-refractivity contribution is 0.0518. The first kappa shape index (κ1) is 20.2. The molecule has 3 aromatic rings. The van der Waals surface area contributed by atoms with E-state index >= 15 is 0 Å². The average molecular weight is 405 g/mol. The molecule has 1 aliphatic rings. The average Bonchev–Trinajstić information content (AvgIpc) is 3.25. The van der Waals surface area contributed by atoms with Gasteiger partial charge < -0.3 is 9.47 Å². The van der Waals surface area contributed by atoms with Crippen molar-refractivity contribution in [2.45, 2.75) is 51.7 Å². The van der Waals surface area contributed by atoms with Crippen molar-refractivity contribution in [1.29, 1.82) is 0 Å². The van der Waals surface area contributed by atoms with Gasteiger partial charge in [-0.25, -0.2) is 4.79 Å². The van der Waals surface area contributed by atoms with E-state index in [1.165, 1.54) is 19.3 Å². The molecule has 5 nitrogen and oxygen atoms in total. The molecule has 156 valence electrons. The van der Waals surface area contributed by atoms with Crippen molar-refractivity contribution in [2.24, 2.45) is 0 Å². The number of rotatable bonds is 7. The maximum absolute atomic E-state index is 12.3. The van der Waals surface area contributed by atoms with Crippen LogP contribution in [0.5, 0.6) is 5.75 Å². The predicted octanol–water partition coefficient (Wildman–Crippen LogP) is 5.81. The van der Waals surface area contributed by atoms with Crippen LogP contribution >= 0.6 is 0 Å². The summed E-state index contributed by atoms with van der Waals surface area (Å²) in [6.45, 7) is 2.69.